The summed E-state index contributed by atoms with van der Waals surface area (Å²) in [5, 5.41) is 2.91. The summed E-state index contributed by atoms with van der Waals surface area (Å²) in [5.41, 5.74) is 1.30. The van der Waals surface area contributed by atoms with Crippen molar-refractivity contribution in [2.45, 2.75) is 32.6 Å². The van der Waals surface area contributed by atoms with Crippen molar-refractivity contribution in [2.75, 3.05) is 46.0 Å². The number of carbonyl (C=O) groups is 1. The average molecular weight is 334 g/mol. The van der Waals surface area contributed by atoms with E-state index in [4.69, 9.17) is 9.47 Å². The minimum atomic E-state index is -0.0667. The topological polar surface area (TPSA) is 50.8 Å². The van der Waals surface area contributed by atoms with Crippen LogP contribution < -0.4 is 10.1 Å². The third-order valence-electron chi connectivity index (χ3n) is 4.51. The zero-order valence-corrected chi connectivity index (χ0v) is 14.9. The number of hydrogen-bond donors (Lipinski definition) is 1. The molecule has 0 unspecified atom stereocenters. The van der Waals surface area contributed by atoms with Crippen LogP contribution in [-0.2, 0) is 9.53 Å². The highest BCUT2D eigenvalue weighted by molar-refractivity contribution is 5.77. The molecule has 1 amide bonds. The lowest BCUT2D eigenvalue weighted by molar-refractivity contribution is -0.123. The van der Waals surface area contributed by atoms with Gasteiger partial charge >= 0.3 is 0 Å². The van der Waals surface area contributed by atoms with Crippen molar-refractivity contribution in [2.24, 2.45) is 0 Å². The number of amides is 1. The first kappa shape index (κ1) is 18.7. The minimum Gasteiger partial charge on any atom is -0.484 e. The Hall–Kier alpha value is -1.59. The predicted octanol–water partition coefficient (Wildman–Crippen LogP) is 2.42. The molecule has 0 saturated carbocycles. The Kier molecular flexibility index (Phi) is 8.05. The lowest BCUT2D eigenvalue weighted by Gasteiger charge is -2.26. The first-order valence-electron chi connectivity index (χ1n) is 8.98. The summed E-state index contributed by atoms with van der Waals surface area (Å²) in [5.74, 6) is 1.22. The maximum atomic E-state index is 11.8. The van der Waals surface area contributed by atoms with Crippen LogP contribution in [0, 0.1) is 0 Å². The molecule has 1 aliphatic rings. The van der Waals surface area contributed by atoms with E-state index < -0.39 is 0 Å². The van der Waals surface area contributed by atoms with Crippen LogP contribution in [-0.4, -0.2) is 56.8 Å². The van der Waals surface area contributed by atoms with Crippen LogP contribution >= 0.6 is 0 Å². The molecule has 24 heavy (non-hydrogen) atoms. The number of nitrogens with zero attached hydrogens (tertiary/aromatic N) is 1. The highest BCUT2D eigenvalue weighted by Gasteiger charge is 2.10. The van der Waals surface area contributed by atoms with Gasteiger partial charge in [0.05, 0.1) is 13.2 Å². The van der Waals surface area contributed by atoms with Gasteiger partial charge in [0, 0.05) is 19.6 Å². The molecular formula is C19H30N2O3. The van der Waals surface area contributed by atoms with Gasteiger partial charge in [-0.3, -0.25) is 9.69 Å². The fourth-order valence-corrected chi connectivity index (χ4v) is 2.68. The summed E-state index contributed by atoms with van der Waals surface area (Å²) in [6, 6.07) is 8.02. The highest BCUT2D eigenvalue weighted by atomic mass is 16.5. The standard InChI is InChI=1S/C19H30N2O3/c1-3-16(2)17-5-7-18(8-6-17)24-15-19(22)20-9-4-10-21-11-13-23-14-12-21/h5-8,16H,3-4,9-15H2,1-2H3,(H,20,22)/t16-/m0/s1. The molecule has 1 saturated heterocycles. The maximum absolute atomic E-state index is 11.8. The molecule has 5 nitrogen and oxygen atoms in total. The average Bonchev–Trinajstić information content (AvgIpc) is 2.64. The predicted molar refractivity (Wildman–Crippen MR) is 95.5 cm³/mol. The fraction of sp³-hybridized carbons (Fsp3) is 0.632. The number of nitrogens with one attached hydrogen (secondary N) is 1. The van der Waals surface area contributed by atoms with Crippen molar-refractivity contribution < 1.29 is 14.3 Å². The van der Waals surface area contributed by atoms with Gasteiger partial charge in [0.15, 0.2) is 6.61 Å². The summed E-state index contributed by atoms with van der Waals surface area (Å²) >= 11 is 0. The molecule has 0 aromatic heterocycles. The smallest absolute Gasteiger partial charge is 0.257 e. The second-order valence-corrected chi connectivity index (χ2v) is 6.32. The number of carbonyl (C=O) groups excluding carboxylic acids is 1. The molecular weight excluding hydrogens is 304 g/mol. The molecule has 1 N–H and O–H groups in total. The van der Waals surface area contributed by atoms with Crippen molar-refractivity contribution >= 4 is 5.91 Å². The van der Waals surface area contributed by atoms with Gasteiger partial charge in [-0.05, 0) is 43.0 Å². The van der Waals surface area contributed by atoms with Crippen molar-refractivity contribution in [3.05, 3.63) is 29.8 Å². The van der Waals surface area contributed by atoms with Crippen molar-refractivity contribution in [3.8, 4) is 5.75 Å². The zero-order valence-electron chi connectivity index (χ0n) is 14.9. The normalized spacial score (nSPS) is 16.6. The van der Waals surface area contributed by atoms with E-state index in [9.17, 15) is 4.79 Å². The van der Waals surface area contributed by atoms with E-state index in [1.807, 2.05) is 12.1 Å². The Morgan fingerprint density at radius 3 is 2.67 bits per heavy atom. The quantitative estimate of drug-likeness (QED) is 0.705. The Morgan fingerprint density at radius 2 is 2.00 bits per heavy atom. The van der Waals surface area contributed by atoms with Crippen molar-refractivity contribution in [3.63, 3.8) is 0 Å². The zero-order chi connectivity index (χ0) is 17.2. The van der Waals surface area contributed by atoms with Crippen molar-refractivity contribution in [1.29, 1.82) is 0 Å². The van der Waals surface area contributed by atoms with E-state index in [0.29, 0.717) is 12.5 Å². The van der Waals surface area contributed by atoms with E-state index >= 15 is 0 Å². The van der Waals surface area contributed by atoms with Crippen LogP contribution in [0.2, 0.25) is 0 Å². The molecule has 0 aliphatic carbocycles. The van der Waals surface area contributed by atoms with Gasteiger partial charge in [-0.25, -0.2) is 0 Å². The van der Waals surface area contributed by atoms with Crippen LogP contribution in [0.1, 0.15) is 38.2 Å². The van der Waals surface area contributed by atoms with E-state index in [1.54, 1.807) is 0 Å². The summed E-state index contributed by atoms with van der Waals surface area (Å²) in [6.07, 6.45) is 2.07. The van der Waals surface area contributed by atoms with Gasteiger partial charge in [-0.15, -0.1) is 0 Å². The summed E-state index contributed by atoms with van der Waals surface area (Å²) < 4.78 is 10.9. The molecule has 134 valence electrons. The van der Waals surface area contributed by atoms with Gasteiger partial charge in [0.2, 0.25) is 0 Å². The molecule has 0 spiro atoms. The number of morpholine rings is 1. The summed E-state index contributed by atoms with van der Waals surface area (Å²) in [6.45, 7) is 9.76. The number of benzene rings is 1. The SMILES string of the molecule is CC[C@H](C)c1ccc(OCC(=O)NCCCN2CCOCC2)cc1. The van der Waals surface area contributed by atoms with Gasteiger partial charge in [-0.1, -0.05) is 26.0 Å². The van der Waals surface area contributed by atoms with Crippen LogP contribution in [0.4, 0.5) is 0 Å². The lowest BCUT2D eigenvalue weighted by atomic mass is 9.99. The van der Waals surface area contributed by atoms with Crippen LogP contribution in [0.25, 0.3) is 0 Å². The van der Waals surface area contributed by atoms with Crippen LogP contribution in [0.5, 0.6) is 5.75 Å². The molecule has 5 heteroatoms. The third-order valence-corrected chi connectivity index (χ3v) is 4.51. The Labute approximate surface area is 145 Å². The minimum absolute atomic E-state index is 0.0667. The maximum Gasteiger partial charge on any atom is 0.257 e. The van der Waals surface area contributed by atoms with Gasteiger partial charge in [-0.2, -0.15) is 0 Å². The lowest BCUT2D eigenvalue weighted by Crippen LogP contribution is -2.38. The third kappa shape index (κ3) is 6.49. The van der Waals surface area contributed by atoms with E-state index in [0.717, 1.165) is 51.4 Å². The highest BCUT2D eigenvalue weighted by Crippen LogP contribution is 2.21. The van der Waals surface area contributed by atoms with E-state index in [1.165, 1.54) is 5.56 Å². The second-order valence-electron chi connectivity index (χ2n) is 6.32. The Bertz CT molecular complexity index is 484. The largest absolute Gasteiger partial charge is 0.484 e. The van der Waals surface area contributed by atoms with Crippen LogP contribution in [0.3, 0.4) is 0 Å². The summed E-state index contributed by atoms with van der Waals surface area (Å²) in [7, 11) is 0. The number of rotatable bonds is 9. The number of hydrogen-bond acceptors (Lipinski definition) is 4. The molecule has 0 radical (unpaired) electrons. The molecule has 1 aromatic rings. The number of ether oxygens (including phenoxy) is 2. The monoisotopic (exact) mass is 334 g/mol. The summed E-state index contributed by atoms with van der Waals surface area (Å²) in [4.78, 5) is 14.2. The molecule has 1 aliphatic heterocycles. The Balaban J connectivity index is 1.58. The first-order chi connectivity index (χ1) is 11.7. The molecule has 1 atom stereocenters. The molecule has 1 heterocycles. The van der Waals surface area contributed by atoms with Crippen LogP contribution in [0.15, 0.2) is 24.3 Å². The van der Waals surface area contributed by atoms with E-state index in [-0.39, 0.29) is 12.5 Å². The fourth-order valence-electron chi connectivity index (χ4n) is 2.68. The van der Waals surface area contributed by atoms with Gasteiger partial charge in [0.1, 0.15) is 5.75 Å². The molecule has 0 bridgehead atoms. The molecule has 2 rings (SSSR count). The second kappa shape index (κ2) is 10.3. The Morgan fingerprint density at radius 1 is 1.29 bits per heavy atom. The van der Waals surface area contributed by atoms with E-state index in [2.05, 4.69) is 36.2 Å². The van der Waals surface area contributed by atoms with Gasteiger partial charge in [0.25, 0.3) is 5.91 Å². The molecule has 1 aromatic carbocycles. The van der Waals surface area contributed by atoms with Gasteiger partial charge < -0.3 is 14.8 Å². The molecule has 1 fully saturated rings. The first-order valence-corrected chi connectivity index (χ1v) is 8.98. The van der Waals surface area contributed by atoms with Crippen molar-refractivity contribution in [1.82, 2.24) is 10.2 Å².